The number of anilines is 1. The van der Waals surface area contributed by atoms with Crippen LogP contribution in [0.15, 0.2) is 18.2 Å². The number of hydrogen-bond acceptors (Lipinski definition) is 2. The zero-order chi connectivity index (χ0) is 12.1. The van der Waals surface area contributed by atoms with Gasteiger partial charge in [-0.3, -0.25) is 0 Å². The molecule has 2 nitrogen and oxygen atoms in total. The number of halogens is 1. The highest BCUT2D eigenvalue weighted by atomic mass is 19.1. The molecule has 1 aromatic carbocycles. The molecule has 0 fully saturated rings. The topological polar surface area (TPSA) is 27.0 Å². The molecule has 0 spiro atoms. The summed E-state index contributed by atoms with van der Waals surface area (Å²) in [6, 6.07) is 6.80. The first-order valence-electron chi connectivity index (χ1n) is 5.55. The summed E-state index contributed by atoms with van der Waals surface area (Å²) in [5.74, 6) is -0.355. The van der Waals surface area contributed by atoms with Crippen LogP contribution in [0.3, 0.4) is 0 Å². The van der Waals surface area contributed by atoms with E-state index in [1.54, 1.807) is 6.07 Å². The molecule has 86 valence electrons. The maximum Gasteiger partial charge on any atom is 0.126 e. The summed E-state index contributed by atoms with van der Waals surface area (Å²) in [6.07, 6.45) is 2.01. The lowest BCUT2D eigenvalue weighted by molar-refractivity contribution is 0.586. The van der Waals surface area contributed by atoms with Crippen molar-refractivity contribution in [1.29, 1.82) is 5.26 Å². The minimum atomic E-state index is -0.355. The van der Waals surface area contributed by atoms with E-state index in [1.165, 1.54) is 12.1 Å². The van der Waals surface area contributed by atoms with Gasteiger partial charge in [0, 0.05) is 18.8 Å². The quantitative estimate of drug-likeness (QED) is 0.778. The molecular formula is C13H17FN2. The highest BCUT2D eigenvalue weighted by Crippen LogP contribution is 2.21. The third-order valence-electron chi connectivity index (χ3n) is 2.91. The van der Waals surface area contributed by atoms with Gasteiger partial charge in [0.15, 0.2) is 0 Å². The molecule has 0 aliphatic rings. The number of nitrogens with zero attached hydrogens (tertiary/aromatic N) is 2. The van der Waals surface area contributed by atoms with Crippen LogP contribution in [-0.2, 0) is 0 Å². The lowest BCUT2D eigenvalue weighted by Crippen LogP contribution is -2.30. The predicted octanol–water partition coefficient (Wildman–Crippen LogP) is 3.32. The Morgan fingerprint density at radius 3 is 2.44 bits per heavy atom. The maximum atomic E-state index is 13.3. The average Bonchev–Trinajstić information content (AvgIpc) is 2.29. The van der Waals surface area contributed by atoms with E-state index in [2.05, 4.69) is 13.8 Å². The molecule has 0 aliphatic carbocycles. The second-order valence-corrected chi connectivity index (χ2v) is 3.89. The molecule has 0 bridgehead atoms. The van der Waals surface area contributed by atoms with Gasteiger partial charge < -0.3 is 4.90 Å². The fraction of sp³-hybridized carbons (Fsp3) is 0.462. The van der Waals surface area contributed by atoms with E-state index in [0.717, 1.165) is 18.5 Å². The van der Waals surface area contributed by atoms with Crippen LogP contribution >= 0.6 is 0 Å². The molecule has 1 rings (SSSR count). The van der Waals surface area contributed by atoms with Crippen LogP contribution in [0.4, 0.5) is 10.1 Å². The van der Waals surface area contributed by atoms with E-state index in [4.69, 9.17) is 5.26 Å². The molecule has 0 unspecified atom stereocenters. The predicted molar refractivity (Wildman–Crippen MR) is 63.9 cm³/mol. The minimum absolute atomic E-state index is 0.355. The van der Waals surface area contributed by atoms with Gasteiger partial charge in [0.05, 0.1) is 11.6 Å². The molecular weight excluding hydrogens is 203 g/mol. The van der Waals surface area contributed by atoms with Gasteiger partial charge in [0.1, 0.15) is 5.82 Å². The molecule has 0 heterocycles. The fourth-order valence-electron chi connectivity index (χ4n) is 1.89. The molecule has 0 saturated carbocycles. The second-order valence-electron chi connectivity index (χ2n) is 3.89. The van der Waals surface area contributed by atoms with Gasteiger partial charge in [-0.25, -0.2) is 4.39 Å². The van der Waals surface area contributed by atoms with Crippen molar-refractivity contribution in [3.05, 3.63) is 29.6 Å². The molecule has 1 aromatic rings. The normalized spacial score (nSPS) is 10.2. The average molecular weight is 220 g/mol. The summed E-state index contributed by atoms with van der Waals surface area (Å²) in [5, 5.41) is 8.79. The lowest BCUT2D eigenvalue weighted by Gasteiger charge is -2.28. The second kappa shape index (κ2) is 5.50. The standard InChI is InChI=1S/C13H17FN2/c1-4-12(5-2)16(3)13-7-10(9-15)6-11(14)8-13/h6-8,12H,4-5H2,1-3H3. The zero-order valence-corrected chi connectivity index (χ0v) is 10.00. The van der Waals surface area contributed by atoms with Crippen molar-refractivity contribution >= 4 is 5.69 Å². The first kappa shape index (κ1) is 12.5. The van der Waals surface area contributed by atoms with Crippen LogP contribution in [0, 0.1) is 17.1 Å². The SMILES string of the molecule is CCC(CC)N(C)c1cc(F)cc(C#N)c1. The summed E-state index contributed by atoms with van der Waals surface area (Å²) in [7, 11) is 1.94. The molecule has 0 amide bonds. The first-order chi connectivity index (χ1) is 7.62. The van der Waals surface area contributed by atoms with E-state index < -0.39 is 0 Å². The zero-order valence-electron chi connectivity index (χ0n) is 10.00. The summed E-state index contributed by atoms with van der Waals surface area (Å²) in [4.78, 5) is 2.03. The summed E-state index contributed by atoms with van der Waals surface area (Å²) in [5.41, 5.74) is 1.14. The number of hydrogen-bond donors (Lipinski definition) is 0. The van der Waals surface area contributed by atoms with E-state index in [0.29, 0.717) is 11.6 Å². The summed E-state index contributed by atoms with van der Waals surface area (Å²) in [6.45, 7) is 4.21. The third-order valence-corrected chi connectivity index (χ3v) is 2.91. The van der Waals surface area contributed by atoms with E-state index >= 15 is 0 Å². The van der Waals surface area contributed by atoms with Gasteiger partial charge in [-0.15, -0.1) is 0 Å². The Kier molecular flexibility index (Phi) is 4.30. The van der Waals surface area contributed by atoms with Crippen molar-refractivity contribution in [3.8, 4) is 6.07 Å². The van der Waals surface area contributed by atoms with Crippen molar-refractivity contribution in [3.63, 3.8) is 0 Å². The Hall–Kier alpha value is -1.56. The van der Waals surface area contributed by atoms with Crippen molar-refractivity contribution in [2.24, 2.45) is 0 Å². The Morgan fingerprint density at radius 1 is 1.31 bits per heavy atom. The molecule has 3 heteroatoms. The van der Waals surface area contributed by atoms with Crippen LogP contribution in [-0.4, -0.2) is 13.1 Å². The molecule has 0 N–H and O–H groups in total. The Bertz CT molecular complexity index is 391. The molecule has 0 aliphatic heterocycles. The van der Waals surface area contributed by atoms with E-state index in [-0.39, 0.29) is 5.82 Å². The number of rotatable bonds is 4. The van der Waals surface area contributed by atoms with Crippen LogP contribution in [0.2, 0.25) is 0 Å². The molecule has 0 atom stereocenters. The molecule has 0 radical (unpaired) electrons. The van der Waals surface area contributed by atoms with Gasteiger partial charge in [-0.05, 0) is 31.0 Å². The van der Waals surface area contributed by atoms with Crippen LogP contribution < -0.4 is 4.90 Å². The Labute approximate surface area is 96.3 Å². The summed E-state index contributed by atoms with van der Waals surface area (Å²) < 4.78 is 13.3. The van der Waals surface area contributed by atoms with Crippen molar-refractivity contribution in [2.75, 3.05) is 11.9 Å². The first-order valence-corrected chi connectivity index (χ1v) is 5.55. The molecule has 0 saturated heterocycles. The minimum Gasteiger partial charge on any atom is -0.372 e. The van der Waals surface area contributed by atoms with E-state index in [9.17, 15) is 4.39 Å². The number of benzene rings is 1. The van der Waals surface area contributed by atoms with Crippen LogP contribution in [0.1, 0.15) is 32.3 Å². The van der Waals surface area contributed by atoms with Gasteiger partial charge in [0.25, 0.3) is 0 Å². The van der Waals surface area contributed by atoms with Gasteiger partial charge in [-0.2, -0.15) is 5.26 Å². The van der Waals surface area contributed by atoms with Gasteiger partial charge in [-0.1, -0.05) is 13.8 Å². The van der Waals surface area contributed by atoms with Gasteiger partial charge in [0.2, 0.25) is 0 Å². The Balaban J connectivity index is 3.03. The molecule has 16 heavy (non-hydrogen) atoms. The van der Waals surface area contributed by atoms with Crippen molar-refractivity contribution in [2.45, 2.75) is 32.7 Å². The maximum absolute atomic E-state index is 13.3. The third kappa shape index (κ3) is 2.73. The molecule has 0 aromatic heterocycles. The Morgan fingerprint density at radius 2 is 1.94 bits per heavy atom. The van der Waals surface area contributed by atoms with Crippen LogP contribution in [0.25, 0.3) is 0 Å². The van der Waals surface area contributed by atoms with Crippen molar-refractivity contribution in [1.82, 2.24) is 0 Å². The smallest absolute Gasteiger partial charge is 0.126 e. The van der Waals surface area contributed by atoms with Gasteiger partial charge >= 0.3 is 0 Å². The lowest BCUT2D eigenvalue weighted by atomic mass is 10.1. The van der Waals surface area contributed by atoms with Crippen LogP contribution in [0.5, 0.6) is 0 Å². The fourth-order valence-corrected chi connectivity index (χ4v) is 1.89. The van der Waals surface area contributed by atoms with E-state index in [1.807, 2.05) is 18.0 Å². The highest BCUT2D eigenvalue weighted by molar-refractivity contribution is 5.52. The van der Waals surface area contributed by atoms with Crippen molar-refractivity contribution < 1.29 is 4.39 Å². The number of nitriles is 1. The largest absolute Gasteiger partial charge is 0.372 e. The summed E-state index contributed by atoms with van der Waals surface area (Å²) >= 11 is 0. The highest BCUT2D eigenvalue weighted by Gasteiger charge is 2.12. The monoisotopic (exact) mass is 220 g/mol.